The van der Waals surface area contributed by atoms with Crippen LogP contribution < -0.4 is 5.73 Å². The van der Waals surface area contributed by atoms with E-state index in [1.807, 2.05) is 29.7 Å². The largest absolute Gasteiger partial charge is 0.323 e. The zero-order chi connectivity index (χ0) is 12.4. The predicted octanol–water partition coefficient (Wildman–Crippen LogP) is 3.24. The Hall–Kier alpha value is -1.32. The van der Waals surface area contributed by atoms with Crippen molar-refractivity contribution in [3.05, 3.63) is 47.0 Å². The Labute approximate surface area is 106 Å². The van der Waals surface area contributed by atoms with Gasteiger partial charge < -0.3 is 10.3 Å². The van der Waals surface area contributed by atoms with Crippen molar-refractivity contribution in [2.45, 2.75) is 26.3 Å². The molecule has 90 valence electrons. The standard InChI is InChI=1S/C13H16ClN3/c1-3-11(15)13-7-16-8-17(13)12-6-9(2)4-5-10(12)14/h4-8,11H,3,15H2,1-2H3/t11-/m1/s1. The number of halogens is 1. The summed E-state index contributed by atoms with van der Waals surface area (Å²) in [6, 6.07) is 5.90. The van der Waals surface area contributed by atoms with Gasteiger partial charge in [0, 0.05) is 6.04 Å². The quantitative estimate of drug-likeness (QED) is 0.908. The van der Waals surface area contributed by atoms with Gasteiger partial charge in [0.25, 0.3) is 0 Å². The fourth-order valence-electron chi connectivity index (χ4n) is 1.80. The van der Waals surface area contributed by atoms with Crippen LogP contribution in [0.1, 0.15) is 30.6 Å². The Balaban J connectivity index is 2.53. The minimum absolute atomic E-state index is 0.0194. The van der Waals surface area contributed by atoms with Crippen molar-refractivity contribution in [3.8, 4) is 5.69 Å². The molecule has 2 rings (SSSR count). The molecule has 0 radical (unpaired) electrons. The maximum Gasteiger partial charge on any atom is 0.0995 e. The van der Waals surface area contributed by atoms with Crippen molar-refractivity contribution in [3.63, 3.8) is 0 Å². The van der Waals surface area contributed by atoms with Crippen LogP contribution in [0.3, 0.4) is 0 Å². The smallest absolute Gasteiger partial charge is 0.0995 e. The van der Waals surface area contributed by atoms with Gasteiger partial charge in [-0.2, -0.15) is 0 Å². The van der Waals surface area contributed by atoms with Gasteiger partial charge in [0.15, 0.2) is 0 Å². The number of nitrogens with zero attached hydrogens (tertiary/aromatic N) is 2. The van der Waals surface area contributed by atoms with Crippen molar-refractivity contribution >= 4 is 11.6 Å². The van der Waals surface area contributed by atoms with Gasteiger partial charge in [-0.1, -0.05) is 24.6 Å². The topological polar surface area (TPSA) is 43.8 Å². The van der Waals surface area contributed by atoms with Crippen molar-refractivity contribution < 1.29 is 0 Å². The zero-order valence-corrected chi connectivity index (χ0v) is 10.8. The summed E-state index contributed by atoms with van der Waals surface area (Å²) in [5, 5.41) is 0.707. The molecule has 0 unspecified atom stereocenters. The van der Waals surface area contributed by atoms with E-state index in [0.29, 0.717) is 5.02 Å². The molecule has 0 saturated heterocycles. The van der Waals surface area contributed by atoms with Crippen LogP contribution in [0.15, 0.2) is 30.7 Å². The van der Waals surface area contributed by atoms with Gasteiger partial charge in [-0.3, -0.25) is 0 Å². The van der Waals surface area contributed by atoms with Crippen LogP contribution in [0.2, 0.25) is 5.02 Å². The number of hydrogen-bond donors (Lipinski definition) is 1. The monoisotopic (exact) mass is 249 g/mol. The van der Waals surface area contributed by atoms with Gasteiger partial charge >= 0.3 is 0 Å². The second-order valence-corrected chi connectivity index (χ2v) is 4.57. The molecule has 0 aliphatic carbocycles. The van der Waals surface area contributed by atoms with Crippen LogP contribution in [0.25, 0.3) is 5.69 Å². The molecule has 4 heteroatoms. The number of imidazole rings is 1. The van der Waals surface area contributed by atoms with E-state index in [-0.39, 0.29) is 6.04 Å². The first-order valence-electron chi connectivity index (χ1n) is 5.67. The molecule has 0 fully saturated rings. The lowest BCUT2D eigenvalue weighted by Crippen LogP contribution is -2.13. The molecule has 0 saturated carbocycles. The third kappa shape index (κ3) is 2.35. The van der Waals surface area contributed by atoms with Crippen LogP contribution in [0, 0.1) is 6.92 Å². The van der Waals surface area contributed by atoms with E-state index >= 15 is 0 Å². The molecule has 0 spiro atoms. The molecule has 17 heavy (non-hydrogen) atoms. The minimum Gasteiger partial charge on any atom is -0.323 e. The van der Waals surface area contributed by atoms with E-state index in [4.69, 9.17) is 17.3 Å². The number of nitrogens with two attached hydrogens (primary N) is 1. The molecule has 0 bridgehead atoms. The molecule has 2 aromatic rings. The molecule has 2 N–H and O–H groups in total. The second kappa shape index (κ2) is 4.90. The highest BCUT2D eigenvalue weighted by Gasteiger charge is 2.12. The Kier molecular flexibility index (Phi) is 3.50. The highest BCUT2D eigenvalue weighted by Crippen LogP contribution is 2.25. The van der Waals surface area contributed by atoms with Crippen LogP contribution in [0.5, 0.6) is 0 Å². The normalized spacial score (nSPS) is 12.7. The lowest BCUT2D eigenvalue weighted by molar-refractivity contribution is 0.660. The summed E-state index contributed by atoms with van der Waals surface area (Å²) in [5.41, 5.74) is 9.14. The Morgan fingerprint density at radius 2 is 2.24 bits per heavy atom. The Morgan fingerprint density at radius 3 is 2.94 bits per heavy atom. The molecular formula is C13H16ClN3. The van der Waals surface area contributed by atoms with E-state index in [1.54, 1.807) is 12.5 Å². The van der Waals surface area contributed by atoms with E-state index in [1.165, 1.54) is 0 Å². The maximum absolute atomic E-state index is 6.22. The van der Waals surface area contributed by atoms with Crippen LogP contribution in [0.4, 0.5) is 0 Å². The molecule has 1 aromatic carbocycles. The van der Waals surface area contributed by atoms with E-state index in [9.17, 15) is 0 Å². The lowest BCUT2D eigenvalue weighted by atomic mass is 10.1. The zero-order valence-electron chi connectivity index (χ0n) is 10.0. The first-order valence-corrected chi connectivity index (χ1v) is 6.05. The van der Waals surface area contributed by atoms with Crippen LogP contribution in [-0.4, -0.2) is 9.55 Å². The maximum atomic E-state index is 6.22. The van der Waals surface area contributed by atoms with Crippen molar-refractivity contribution in [2.24, 2.45) is 5.73 Å². The summed E-state index contributed by atoms with van der Waals surface area (Å²) < 4.78 is 1.96. The highest BCUT2D eigenvalue weighted by molar-refractivity contribution is 6.32. The molecular weight excluding hydrogens is 234 g/mol. The minimum atomic E-state index is -0.0194. The average molecular weight is 250 g/mol. The second-order valence-electron chi connectivity index (χ2n) is 4.16. The van der Waals surface area contributed by atoms with Crippen LogP contribution >= 0.6 is 11.6 Å². The molecule has 3 nitrogen and oxygen atoms in total. The number of aryl methyl sites for hydroxylation is 1. The van der Waals surface area contributed by atoms with Crippen molar-refractivity contribution in [1.29, 1.82) is 0 Å². The fourth-order valence-corrected chi connectivity index (χ4v) is 2.01. The molecule has 1 aromatic heterocycles. The van der Waals surface area contributed by atoms with Gasteiger partial charge in [0.2, 0.25) is 0 Å². The first-order chi connectivity index (χ1) is 8.13. The summed E-state index contributed by atoms with van der Waals surface area (Å²) in [6.07, 6.45) is 4.42. The van der Waals surface area contributed by atoms with Gasteiger partial charge in [-0.25, -0.2) is 4.98 Å². The van der Waals surface area contributed by atoms with Gasteiger partial charge in [0.1, 0.15) is 0 Å². The molecule has 0 amide bonds. The summed E-state index contributed by atoms with van der Waals surface area (Å²) in [7, 11) is 0. The summed E-state index contributed by atoms with van der Waals surface area (Å²) in [6.45, 7) is 4.09. The molecule has 1 heterocycles. The van der Waals surface area contributed by atoms with Gasteiger partial charge in [0.05, 0.1) is 28.9 Å². The van der Waals surface area contributed by atoms with Crippen molar-refractivity contribution in [2.75, 3.05) is 0 Å². The Bertz CT molecular complexity index is 519. The lowest BCUT2D eigenvalue weighted by Gasteiger charge is -2.14. The summed E-state index contributed by atoms with van der Waals surface area (Å²) in [4.78, 5) is 4.16. The molecule has 0 aliphatic heterocycles. The van der Waals surface area contributed by atoms with Gasteiger partial charge in [-0.05, 0) is 31.0 Å². The van der Waals surface area contributed by atoms with Crippen LogP contribution in [-0.2, 0) is 0 Å². The van der Waals surface area contributed by atoms with E-state index in [0.717, 1.165) is 23.4 Å². The number of rotatable bonds is 3. The molecule has 1 atom stereocenters. The summed E-state index contributed by atoms with van der Waals surface area (Å²) in [5.74, 6) is 0. The SMILES string of the molecule is CC[C@@H](N)c1cncn1-c1cc(C)ccc1Cl. The number of hydrogen-bond acceptors (Lipinski definition) is 2. The fraction of sp³-hybridized carbons (Fsp3) is 0.308. The summed E-state index contributed by atoms with van der Waals surface area (Å²) >= 11 is 6.22. The third-order valence-electron chi connectivity index (χ3n) is 2.85. The average Bonchev–Trinajstić information content (AvgIpc) is 2.80. The number of aromatic nitrogens is 2. The highest BCUT2D eigenvalue weighted by atomic mass is 35.5. The number of benzene rings is 1. The molecule has 0 aliphatic rings. The van der Waals surface area contributed by atoms with E-state index < -0.39 is 0 Å². The van der Waals surface area contributed by atoms with Gasteiger partial charge in [-0.15, -0.1) is 0 Å². The van der Waals surface area contributed by atoms with E-state index in [2.05, 4.69) is 11.9 Å². The third-order valence-corrected chi connectivity index (χ3v) is 3.17. The van der Waals surface area contributed by atoms with Crippen molar-refractivity contribution in [1.82, 2.24) is 9.55 Å². The predicted molar refractivity (Wildman–Crippen MR) is 70.5 cm³/mol. The first kappa shape index (κ1) is 12.1. The Morgan fingerprint density at radius 1 is 1.47 bits per heavy atom.